The number of fused-ring (bicyclic) bond motifs is 2. The van der Waals surface area contributed by atoms with E-state index in [1.165, 1.54) is 6.07 Å². The molecule has 2 atom stereocenters. The van der Waals surface area contributed by atoms with Crippen molar-refractivity contribution >= 4 is 28.0 Å². The third kappa shape index (κ3) is 3.53. The third-order valence-corrected chi connectivity index (χ3v) is 5.94. The van der Waals surface area contributed by atoms with Gasteiger partial charge in [-0.2, -0.15) is 5.10 Å². The summed E-state index contributed by atoms with van der Waals surface area (Å²) < 4.78 is 21.0. The molecular weight excluding hydrogens is 425 g/mol. The van der Waals surface area contributed by atoms with E-state index < -0.39 is 11.7 Å². The Hall–Kier alpha value is -4.08. The molecule has 168 valence electrons. The average Bonchev–Trinajstić information content (AvgIpc) is 3.55. The van der Waals surface area contributed by atoms with Crippen molar-refractivity contribution in [3.63, 3.8) is 0 Å². The molecule has 0 aliphatic carbocycles. The first-order chi connectivity index (χ1) is 16.0. The maximum absolute atomic E-state index is 13.8. The standard InChI is InChI=1S/C23H22FN7O2/c1-4-33-23(32)12(2)13(3)31-11-19(14-6-28-29-7-14)18-10-27-21(30-22(18)31)17-9-26-20-16(17)5-15(24)8-25-20/h5-13H,4H2,1-3H3,(H,25,26)(H,28,29)/t12-,13-/m1/s1. The molecule has 10 heteroatoms. The second kappa shape index (κ2) is 8.12. The molecule has 0 amide bonds. The monoisotopic (exact) mass is 447 g/mol. The van der Waals surface area contributed by atoms with Crippen LogP contribution in [0, 0.1) is 11.7 Å². The summed E-state index contributed by atoms with van der Waals surface area (Å²) in [6.45, 7) is 5.89. The van der Waals surface area contributed by atoms with Gasteiger partial charge in [-0.3, -0.25) is 9.89 Å². The molecule has 0 aliphatic heterocycles. The first-order valence-corrected chi connectivity index (χ1v) is 10.6. The molecule has 5 rings (SSSR count). The minimum absolute atomic E-state index is 0.239. The number of carbonyl (C=O) groups excluding carboxylic acids is 1. The zero-order valence-electron chi connectivity index (χ0n) is 18.3. The predicted octanol–water partition coefficient (Wildman–Crippen LogP) is 4.26. The van der Waals surface area contributed by atoms with Crippen molar-refractivity contribution in [2.75, 3.05) is 6.61 Å². The third-order valence-electron chi connectivity index (χ3n) is 5.94. The first-order valence-electron chi connectivity index (χ1n) is 10.6. The molecule has 5 aromatic heterocycles. The smallest absolute Gasteiger partial charge is 0.310 e. The molecule has 9 nitrogen and oxygen atoms in total. The number of hydrogen-bond donors (Lipinski definition) is 2. The van der Waals surface area contributed by atoms with Gasteiger partial charge < -0.3 is 14.3 Å². The Bertz CT molecular complexity index is 1450. The van der Waals surface area contributed by atoms with Crippen LogP contribution in [0.3, 0.4) is 0 Å². The summed E-state index contributed by atoms with van der Waals surface area (Å²) in [5, 5.41) is 8.28. The number of aromatic amines is 2. The predicted molar refractivity (Wildman–Crippen MR) is 121 cm³/mol. The van der Waals surface area contributed by atoms with Gasteiger partial charge in [0, 0.05) is 58.3 Å². The molecule has 0 radical (unpaired) electrons. The fraction of sp³-hybridized carbons (Fsp3) is 0.261. The Kier molecular flexibility index (Phi) is 5.12. The molecule has 0 aromatic carbocycles. The van der Waals surface area contributed by atoms with Crippen molar-refractivity contribution in [2.45, 2.75) is 26.8 Å². The molecule has 5 heterocycles. The van der Waals surface area contributed by atoms with Crippen LogP contribution in [0.25, 0.3) is 44.6 Å². The van der Waals surface area contributed by atoms with E-state index in [4.69, 9.17) is 9.72 Å². The quantitative estimate of drug-likeness (QED) is 0.376. The van der Waals surface area contributed by atoms with Gasteiger partial charge in [0.05, 0.1) is 24.9 Å². The largest absolute Gasteiger partial charge is 0.466 e. The van der Waals surface area contributed by atoms with E-state index in [0.29, 0.717) is 34.7 Å². The number of halogens is 1. The highest BCUT2D eigenvalue weighted by atomic mass is 19.1. The van der Waals surface area contributed by atoms with Gasteiger partial charge in [0.25, 0.3) is 0 Å². The lowest BCUT2D eigenvalue weighted by Gasteiger charge is -2.20. The molecule has 0 aliphatic rings. The van der Waals surface area contributed by atoms with E-state index >= 15 is 0 Å². The maximum atomic E-state index is 13.8. The van der Waals surface area contributed by atoms with Crippen LogP contribution in [0.1, 0.15) is 26.8 Å². The summed E-state index contributed by atoms with van der Waals surface area (Å²) in [4.78, 5) is 28.9. The summed E-state index contributed by atoms with van der Waals surface area (Å²) >= 11 is 0. The molecule has 0 saturated carbocycles. The summed E-state index contributed by atoms with van der Waals surface area (Å²) in [6, 6.07) is 1.17. The number of hydrogen-bond acceptors (Lipinski definition) is 6. The lowest BCUT2D eigenvalue weighted by molar-refractivity contribution is -0.148. The lowest BCUT2D eigenvalue weighted by Crippen LogP contribution is -2.24. The van der Waals surface area contributed by atoms with Crippen LogP contribution < -0.4 is 0 Å². The zero-order chi connectivity index (χ0) is 23.1. The van der Waals surface area contributed by atoms with E-state index in [1.54, 1.807) is 31.7 Å². The van der Waals surface area contributed by atoms with Crippen LogP contribution in [0.5, 0.6) is 0 Å². The second-order valence-corrected chi connectivity index (χ2v) is 7.90. The molecule has 0 bridgehead atoms. The number of H-pyrrole nitrogens is 2. The average molecular weight is 447 g/mol. The molecule has 2 N–H and O–H groups in total. The Morgan fingerprint density at radius 1 is 1.15 bits per heavy atom. The van der Waals surface area contributed by atoms with E-state index in [2.05, 4.69) is 25.1 Å². The molecule has 33 heavy (non-hydrogen) atoms. The van der Waals surface area contributed by atoms with Gasteiger partial charge in [-0.15, -0.1) is 0 Å². The molecular formula is C23H22FN7O2. The Morgan fingerprint density at radius 3 is 2.76 bits per heavy atom. The number of ether oxygens (including phenoxy) is 1. The maximum Gasteiger partial charge on any atom is 0.310 e. The number of nitrogens with one attached hydrogen (secondary N) is 2. The lowest BCUT2D eigenvalue weighted by atomic mass is 10.0. The van der Waals surface area contributed by atoms with E-state index in [0.717, 1.165) is 22.7 Å². The molecule has 0 unspecified atom stereocenters. The van der Waals surface area contributed by atoms with Gasteiger partial charge in [-0.05, 0) is 26.8 Å². The van der Waals surface area contributed by atoms with Gasteiger partial charge in [-0.25, -0.2) is 19.3 Å². The topological polar surface area (TPSA) is 114 Å². The van der Waals surface area contributed by atoms with Gasteiger partial charge in [-0.1, -0.05) is 0 Å². The van der Waals surface area contributed by atoms with Crippen molar-refractivity contribution < 1.29 is 13.9 Å². The van der Waals surface area contributed by atoms with Gasteiger partial charge in [0.1, 0.15) is 17.1 Å². The highest BCUT2D eigenvalue weighted by Gasteiger charge is 2.26. The minimum atomic E-state index is -0.438. The fourth-order valence-corrected chi connectivity index (χ4v) is 3.97. The number of aromatic nitrogens is 7. The van der Waals surface area contributed by atoms with Crippen molar-refractivity contribution in [1.82, 2.24) is 34.7 Å². The molecule has 5 aromatic rings. The highest BCUT2D eigenvalue weighted by Crippen LogP contribution is 2.35. The zero-order valence-corrected chi connectivity index (χ0v) is 18.3. The molecule has 0 spiro atoms. The van der Waals surface area contributed by atoms with Crippen LogP contribution in [0.4, 0.5) is 4.39 Å². The summed E-state index contributed by atoms with van der Waals surface area (Å²) in [5.41, 5.74) is 3.61. The first kappa shape index (κ1) is 20.8. The Morgan fingerprint density at radius 2 is 2.00 bits per heavy atom. The number of pyridine rings is 1. The van der Waals surface area contributed by atoms with E-state index in [9.17, 15) is 9.18 Å². The number of carbonyl (C=O) groups is 1. The van der Waals surface area contributed by atoms with Crippen molar-refractivity contribution in [2.24, 2.45) is 5.92 Å². The molecule has 0 saturated heterocycles. The van der Waals surface area contributed by atoms with Crippen LogP contribution in [0.2, 0.25) is 0 Å². The fourth-order valence-electron chi connectivity index (χ4n) is 3.97. The summed E-state index contributed by atoms with van der Waals surface area (Å²) in [5.74, 6) is -0.686. The van der Waals surface area contributed by atoms with E-state index in [-0.39, 0.29) is 12.0 Å². The van der Waals surface area contributed by atoms with Crippen LogP contribution >= 0.6 is 0 Å². The Balaban J connectivity index is 1.68. The van der Waals surface area contributed by atoms with E-state index in [1.807, 2.05) is 24.6 Å². The van der Waals surface area contributed by atoms with Crippen LogP contribution in [-0.2, 0) is 9.53 Å². The van der Waals surface area contributed by atoms with Crippen LogP contribution in [-0.4, -0.2) is 47.3 Å². The number of rotatable bonds is 6. The SMILES string of the molecule is CCOC(=O)[C@H](C)[C@@H](C)n1cc(-c2cn[nH]c2)c2cnc(-c3c[nH]c4ncc(F)cc34)nc21. The summed E-state index contributed by atoms with van der Waals surface area (Å²) in [6.07, 6.45) is 10.1. The van der Waals surface area contributed by atoms with Gasteiger partial charge >= 0.3 is 5.97 Å². The second-order valence-electron chi connectivity index (χ2n) is 7.90. The van der Waals surface area contributed by atoms with Crippen molar-refractivity contribution in [3.8, 4) is 22.5 Å². The Labute approximate surface area is 188 Å². The minimum Gasteiger partial charge on any atom is -0.466 e. The van der Waals surface area contributed by atoms with Gasteiger partial charge in [0.15, 0.2) is 5.82 Å². The molecule has 0 fully saturated rings. The van der Waals surface area contributed by atoms with Gasteiger partial charge in [0.2, 0.25) is 0 Å². The normalized spacial score (nSPS) is 13.5. The van der Waals surface area contributed by atoms with Crippen LogP contribution in [0.15, 0.2) is 43.2 Å². The highest BCUT2D eigenvalue weighted by molar-refractivity contribution is 5.96. The number of nitrogens with zero attached hydrogens (tertiary/aromatic N) is 5. The number of esters is 1. The summed E-state index contributed by atoms with van der Waals surface area (Å²) in [7, 11) is 0. The van der Waals surface area contributed by atoms with Crippen molar-refractivity contribution in [3.05, 3.63) is 49.1 Å². The van der Waals surface area contributed by atoms with Crippen molar-refractivity contribution in [1.29, 1.82) is 0 Å².